The number of nitrogen functional groups attached to an aromatic ring is 1. The van der Waals surface area contributed by atoms with Crippen molar-refractivity contribution in [2.24, 2.45) is 5.41 Å². The summed E-state index contributed by atoms with van der Waals surface area (Å²) in [4.78, 5) is 10.7. The maximum Gasteiger partial charge on any atom is 0.337 e. The van der Waals surface area contributed by atoms with Crippen LogP contribution < -0.4 is 10.5 Å². The molecule has 0 fully saturated rings. The van der Waals surface area contributed by atoms with E-state index >= 15 is 0 Å². The first kappa shape index (κ1) is 16.4. The summed E-state index contributed by atoms with van der Waals surface area (Å²) in [5.74, 6) is -1.35. The van der Waals surface area contributed by atoms with Gasteiger partial charge in [0.25, 0.3) is 0 Å². The number of aliphatic hydroxyl groups excluding tert-OH is 1. The average Bonchev–Trinajstić information content (AvgIpc) is 2.36. The summed E-state index contributed by atoms with van der Waals surface area (Å²) in [5, 5.41) is 18.1. The van der Waals surface area contributed by atoms with Gasteiger partial charge in [-0.2, -0.15) is 0 Å². The van der Waals surface area contributed by atoms with Crippen molar-refractivity contribution in [2.75, 3.05) is 18.9 Å². The highest BCUT2D eigenvalue weighted by atomic mass is 32.2. The lowest BCUT2D eigenvalue weighted by atomic mass is 9.96. The Labute approximate surface area is 117 Å². The molecule has 7 nitrogen and oxygen atoms in total. The van der Waals surface area contributed by atoms with Crippen molar-refractivity contribution in [1.82, 2.24) is 4.72 Å². The number of rotatable bonds is 6. The molecule has 5 N–H and O–H groups in total. The number of nitrogens with one attached hydrogen (secondary N) is 1. The Bertz CT molecular complexity index is 610. The van der Waals surface area contributed by atoms with E-state index in [1.807, 2.05) is 0 Å². The summed E-state index contributed by atoms with van der Waals surface area (Å²) >= 11 is 0. The molecule has 0 heterocycles. The molecule has 0 aliphatic rings. The van der Waals surface area contributed by atoms with Crippen LogP contribution in [0.2, 0.25) is 0 Å². The van der Waals surface area contributed by atoms with Gasteiger partial charge in [-0.25, -0.2) is 17.9 Å². The fourth-order valence-electron chi connectivity index (χ4n) is 1.36. The molecule has 20 heavy (non-hydrogen) atoms. The highest BCUT2D eigenvalue weighted by Crippen LogP contribution is 2.20. The summed E-state index contributed by atoms with van der Waals surface area (Å²) < 4.78 is 26.6. The first-order chi connectivity index (χ1) is 9.09. The standard InChI is InChI=1S/C12H18N2O5S/c1-12(2,7-15)6-14-20(18,19)10-5-8(13)3-4-9(10)11(16)17/h3-5,14-15H,6-7,13H2,1-2H3,(H,16,17). The molecule has 0 amide bonds. The van der Waals surface area contributed by atoms with Gasteiger partial charge in [-0.05, 0) is 18.2 Å². The van der Waals surface area contributed by atoms with Crippen molar-refractivity contribution in [3.05, 3.63) is 23.8 Å². The highest BCUT2D eigenvalue weighted by molar-refractivity contribution is 7.89. The molecule has 0 spiro atoms. The van der Waals surface area contributed by atoms with E-state index in [4.69, 9.17) is 15.9 Å². The van der Waals surface area contributed by atoms with Gasteiger partial charge in [0.05, 0.1) is 10.5 Å². The largest absolute Gasteiger partial charge is 0.478 e. The van der Waals surface area contributed by atoms with Gasteiger partial charge in [0.15, 0.2) is 0 Å². The molecule has 0 saturated heterocycles. The molecular formula is C12H18N2O5S. The average molecular weight is 302 g/mol. The van der Waals surface area contributed by atoms with Crippen LogP contribution >= 0.6 is 0 Å². The van der Waals surface area contributed by atoms with Crippen molar-refractivity contribution in [2.45, 2.75) is 18.7 Å². The fraction of sp³-hybridized carbons (Fsp3) is 0.417. The minimum Gasteiger partial charge on any atom is -0.478 e. The van der Waals surface area contributed by atoms with Crippen molar-refractivity contribution in [3.63, 3.8) is 0 Å². The zero-order valence-electron chi connectivity index (χ0n) is 11.3. The van der Waals surface area contributed by atoms with E-state index in [1.165, 1.54) is 6.07 Å². The van der Waals surface area contributed by atoms with Crippen LogP contribution in [0.1, 0.15) is 24.2 Å². The number of nitrogens with two attached hydrogens (primary N) is 1. The summed E-state index contributed by atoms with van der Waals surface area (Å²) in [7, 11) is -4.02. The van der Waals surface area contributed by atoms with E-state index in [-0.39, 0.29) is 24.4 Å². The van der Waals surface area contributed by atoms with Gasteiger partial charge in [-0.1, -0.05) is 13.8 Å². The lowest BCUT2D eigenvalue weighted by molar-refractivity contribution is 0.0692. The molecule has 0 unspecified atom stereocenters. The Morgan fingerprint density at radius 3 is 2.50 bits per heavy atom. The predicted molar refractivity (Wildman–Crippen MR) is 73.9 cm³/mol. The summed E-state index contributed by atoms with van der Waals surface area (Å²) in [6, 6.07) is 3.56. The SMILES string of the molecule is CC(C)(CO)CNS(=O)(=O)c1cc(N)ccc1C(=O)O. The number of carboxylic acids is 1. The third kappa shape index (κ3) is 3.92. The number of hydrogen-bond donors (Lipinski definition) is 4. The molecule has 0 saturated carbocycles. The number of carbonyl (C=O) groups is 1. The lowest BCUT2D eigenvalue weighted by Crippen LogP contribution is -2.36. The second-order valence-electron chi connectivity index (χ2n) is 5.21. The Morgan fingerprint density at radius 1 is 1.40 bits per heavy atom. The van der Waals surface area contributed by atoms with Gasteiger partial charge in [0.1, 0.15) is 0 Å². The van der Waals surface area contributed by atoms with Crippen LogP contribution in [-0.2, 0) is 10.0 Å². The quantitative estimate of drug-likeness (QED) is 0.558. The Balaban J connectivity index is 3.16. The number of benzene rings is 1. The predicted octanol–water partition coefficient (Wildman–Crippen LogP) is 0.264. The molecular weight excluding hydrogens is 284 g/mol. The maximum absolute atomic E-state index is 12.2. The van der Waals surface area contributed by atoms with Crippen molar-refractivity contribution >= 4 is 21.7 Å². The van der Waals surface area contributed by atoms with Gasteiger partial charge in [-0.15, -0.1) is 0 Å². The van der Waals surface area contributed by atoms with E-state index in [0.29, 0.717) is 0 Å². The van der Waals surface area contributed by atoms with E-state index in [0.717, 1.165) is 12.1 Å². The molecule has 0 atom stereocenters. The molecule has 0 aromatic heterocycles. The zero-order chi connectivity index (χ0) is 15.6. The van der Waals surface area contributed by atoms with Gasteiger partial charge in [-0.3, -0.25) is 0 Å². The van der Waals surface area contributed by atoms with E-state index in [1.54, 1.807) is 13.8 Å². The Morgan fingerprint density at radius 2 is 2.00 bits per heavy atom. The number of hydrogen-bond acceptors (Lipinski definition) is 5. The van der Waals surface area contributed by atoms with Crippen molar-refractivity contribution in [1.29, 1.82) is 0 Å². The van der Waals surface area contributed by atoms with Crippen LogP contribution in [0.5, 0.6) is 0 Å². The topological polar surface area (TPSA) is 130 Å². The maximum atomic E-state index is 12.2. The third-order valence-corrected chi connectivity index (χ3v) is 4.14. The molecule has 8 heteroatoms. The lowest BCUT2D eigenvalue weighted by Gasteiger charge is -2.22. The zero-order valence-corrected chi connectivity index (χ0v) is 12.1. The minimum absolute atomic E-state index is 0.0281. The minimum atomic E-state index is -4.02. The number of sulfonamides is 1. The Hall–Kier alpha value is -1.64. The number of aliphatic hydroxyl groups is 1. The highest BCUT2D eigenvalue weighted by Gasteiger charge is 2.25. The fourth-order valence-corrected chi connectivity index (χ4v) is 2.83. The van der Waals surface area contributed by atoms with Gasteiger partial charge in [0.2, 0.25) is 10.0 Å². The number of carboxylic acid groups (broad SMARTS) is 1. The molecule has 1 aromatic rings. The van der Waals surface area contributed by atoms with Gasteiger partial charge >= 0.3 is 5.97 Å². The van der Waals surface area contributed by atoms with Gasteiger partial charge in [0, 0.05) is 24.3 Å². The Kier molecular flexibility index (Phi) is 4.74. The summed E-state index contributed by atoms with van der Waals surface area (Å²) in [6.45, 7) is 3.11. The second-order valence-corrected chi connectivity index (χ2v) is 6.94. The van der Waals surface area contributed by atoms with E-state index in [9.17, 15) is 13.2 Å². The van der Waals surface area contributed by atoms with Crippen molar-refractivity contribution in [3.8, 4) is 0 Å². The first-order valence-electron chi connectivity index (χ1n) is 5.82. The molecule has 112 valence electrons. The molecule has 1 aromatic carbocycles. The first-order valence-corrected chi connectivity index (χ1v) is 7.31. The normalized spacial score (nSPS) is 12.3. The van der Waals surface area contributed by atoms with Crippen LogP contribution in [0.15, 0.2) is 23.1 Å². The van der Waals surface area contributed by atoms with Crippen LogP contribution in [0, 0.1) is 5.41 Å². The molecule has 1 rings (SSSR count). The molecule has 0 bridgehead atoms. The van der Waals surface area contributed by atoms with Crippen LogP contribution in [0.4, 0.5) is 5.69 Å². The third-order valence-electron chi connectivity index (χ3n) is 2.69. The van der Waals surface area contributed by atoms with Crippen LogP contribution in [0.3, 0.4) is 0 Å². The summed E-state index contributed by atoms with van der Waals surface area (Å²) in [6.07, 6.45) is 0. The van der Waals surface area contributed by atoms with Crippen LogP contribution in [-0.4, -0.2) is 37.8 Å². The molecule has 0 aliphatic heterocycles. The number of anilines is 1. The van der Waals surface area contributed by atoms with Gasteiger partial charge < -0.3 is 15.9 Å². The second kappa shape index (κ2) is 5.78. The molecule has 0 radical (unpaired) electrons. The number of aromatic carboxylic acids is 1. The molecule has 0 aliphatic carbocycles. The summed E-state index contributed by atoms with van der Waals surface area (Å²) in [5.41, 5.74) is 4.65. The van der Waals surface area contributed by atoms with Crippen molar-refractivity contribution < 1.29 is 23.4 Å². The monoisotopic (exact) mass is 302 g/mol. The van der Waals surface area contributed by atoms with Crippen LogP contribution in [0.25, 0.3) is 0 Å². The smallest absolute Gasteiger partial charge is 0.337 e. The van der Waals surface area contributed by atoms with E-state index < -0.39 is 26.3 Å². The van der Waals surface area contributed by atoms with E-state index in [2.05, 4.69) is 4.72 Å².